The Morgan fingerprint density at radius 1 is 1.16 bits per heavy atom. The number of allylic oxidation sites excluding steroid dienone is 1. The fourth-order valence-electron chi connectivity index (χ4n) is 3.17. The zero-order valence-electron chi connectivity index (χ0n) is 16.0. The first-order valence-electron chi connectivity index (χ1n) is 8.89. The predicted molar refractivity (Wildman–Crippen MR) is 111 cm³/mol. The fourth-order valence-corrected chi connectivity index (χ4v) is 3.41. The number of halogens is 3. The van der Waals surface area contributed by atoms with Crippen molar-refractivity contribution in [2.45, 2.75) is 13.5 Å². The highest BCUT2D eigenvalue weighted by Crippen LogP contribution is 2.27. The van der Waals surface area contributed by atoms with Crippen LogP contribution < -0.4 is 11.2 Å². The Morgan fingerprint density at radius 3 is 2.52 bits per heavy atom. The van der Waals surface area contributed by atoms with Crippen LogP contribution in [0.2, 0.25) is 5.02 Å². The van der Waals surface area contributed by atoms with Crippen LogP contribution in [0.4, 0.5) is 8.78 Å². The number of benzene rings is 2. The molecule has 2 aromatic heterocycles. The fraction of sp³-hybridized carbons (Fsp3) is 0.100. The molecule has 0 atom stereocenters. The molecule has 11 heteroatoms. The van der Waals surface area contributed by atoms with Gasteiger partial charge in [-0.1, -0.05) is 24.2 Å². The summed E-state index contributed by atoms with van der Waals surface area (Å²) in [5.74, 6) is -1.74. The van der Waals surface area contributed by atoms with E-state index in [2.05, 4.69) is 21.8 Å². The van der Waals surface area contributed by atoms with Crippen LogP contribution in [-0.4, -0.2) is 29.7 Å². The van der Waals surface area contributed by atoms with E-state index in [1.807, 2.05) is 0 Å². The molecule has 0 aliphatic heterocycles. The number of aromatic amines is 1. The molecule has 0 aliphatic carbocycles. The Hall–Kier alpha value is -3.63. The third kappa shape index (κ3) is 3.35. The van der Waals surface area contributed by atoms with E-state index in [0.29, 0.717) is 10.3 Å². The van der Waals surface area contributed by atoms with Crippen LogP contribution in [-0.2, 0) is 6.61 Å². The molecule has 4 rings (SSSR count). The van der Waals surface area contributed by atoms with Crippen molar-refractivity contribution in [3.8, 4) is 11.4 Å². The number of aromatic nitrogens is 5. The van der Waals surface area contributed by atoms with Crippen LogP contribution in [0, 0.1) is 11.6 Å². The molecule has 0 radical (unpaired) electrons. The highest BCUT2D eigenvalue weighted by atomic mass is 35.5. The number of nitrogens with one attached hydrogen (secondary N) is 1. The number of fused-ring (bicyclic) bond motifs is 1. The minimum absolute atomic E-state index is 0.0555. The minimum atomic E-state index is -0.865. The molecule has 4 aromatic rings. The lowest BCUT2D eigenvalue weighted by Gasteiger charge is -2.14. The summed E-state index contributed by atoms with van der Waals surface area (Å²) in [5, 5.41) is 17.1. The Labute approximate surface area is 177 Å². The van der Waals surface area contributed by atoms with Gasteiger partial charge in [0, 0.05) is 5.39 Å². The molecule has 0 amide bonds. The van der Waals surface area contributed by atoms with Gasteiger partial charge in [-0.25, -0.2) is 13.6 Å². The van der Waals surface area contributed by atoms with Gasteiger partial charge in [0.15, 0.2) is 11.6 Å². The molecule has 0 saturated carbocycles. The average Bonchev–Trinajstić information content (AvgIpc) is 3.09. The summed E-state index contributed by atoms with van der Waals surface area (Å²) < 4.78 is 30.9. The van der Waals surface area contributed by atoms with Crippen LogP contribution in [0.5, 0.6) is 0 Å². The summed E-state index contributed by atoms with van der Waals surface area (Å²) in [7, 11) is 0. The normalized spacial score (nSPS) is 11.3. The molecule has 0 saturated heterocycles. The third-order valence-electron chi connectivity index (χ3n) is 4.56. The highest BCUT2D eigenvalue weighted by Gasteiger charge is 2.21. The van der Waals surface area contributed by atoms with Gasteiger partial charge in [-0.05, 0) is 36.8 Å². The van der Waals surface area contributed by atoms with Crippen molar-refractivity contribution in [3.63, 3.8) is 0 Å². The van der Waals surface area contributed by atoms with E-state index in [1.165, 1.54) is 12.1 Å². The molecule has 2 aromatic carbocycles. The number of H-pyrrole nitrogens is 1. The Balaban J connectivity index is 2.12. The average molecular weight is 446 g/mol. The molecule has 0 spiro atoms. The number of hydrogen-bond donors (Lipinski definition) is 2. The number of nitrogens with zero attached hydrogens (tertiary/aromatic N) is 4. The van der Waals surface area contributed by atoms with Gasteiger partial charge in [0.2, 0.25) is 0 Å². The molecule has 0 bridgehead atoms. The highest BCUT2D eigenvalue weighted by molar-refractivity contribution is 6.32. The van der Waals surface area contributed by atoms with Crippen molar-refractivity contribution in [1.82, 2.24) is 24.5 Å². The summed E-state index contributed by atoms with van der Waals surface area (Å²) in [6.07, 6.45) is 0. The van der Waals surface area contributed by atoms with Crippen molar-refractivity contribution >= 4 is 27.9 Å². The van der Waals surface area contributed by atoms with Gasteiger partial charge in [0.1, 0.15) is 23.8 Å². The number of aliphatic hydroxyl groups is 1. The zero-order chi connectivity index (χ0) is 22.4. The zero-order valence-corrected chi connectivity index (χ0v) is 16.7. The van der Waals surface area contributed by atoms with E-state index in [0.717, 1.165) is 22.9 Å². The summed E-state index contributed by atoms with van der Waals surface area (Å²) in [6, 6.07) is 6.03. The van der Waals surface area contributed by atoms with Crippen LogP contribution >= 0.6 is 11.6 Å². The Kier molecular flexibility index (Phi) is 5.03. The third-order valence-corrected chi connectivity index (χ3v) is 4.87. The standard InChI is InChI=1S/C20H14ClF2N5O3/c1-9(2)17-10-6-14(23)15(27-20(31)24-16(8-29)25-27)7-11(10)19(30)28(26-17)18-12(21)4-3-5-13(18)22/h3-7,29H,1,8H2,2H3,(H,24,25,31). The molecule has 0 aliphatic rings. The second-order valence-electron chi connectivity index (χ2n) is 6.71. The van der Waals surface area contributed by atoms with Crippen LogP contribution in [0.15, 0.2) is 46.5 Å². The van der Waals surface area contributed by atoms with Gasteiger partial charge in [-0.3, -0.25) is 9.78 Å². The number of hydrogen-bond acceptors (Lipinski definition) is 5. The molecule has 158 valence electrons. The minimum Gasteiger partial charge on any atom is -0.388 e. The smallest absolute Gasteiger partial charge is 0.348 e. The lowest BCUT2D eigenvalue weighted by molar-refractivity contribution is 0.271. The van der Waals surface area contributed by atoms with Crippen molar-refractivity contribution in [1.29, 1.82) is 0 Å². The Morgan fingerprint density at radius 2 is 1.90 bits per heavy atom. The van der Waals surface area contributed by atoms with Crippen molar-refractivity contribution in [3.05, 3.63) is 85.9 Å². The van der Waals surface area contributed by atoms with Gasteiger partial charge in [0.05, 0.1) is 16.1 Å². The van der Waals surface area contributed by atoms with E-state index in [1.54, 1.807) is 6.92 Å². The first-order valence-corrected chi connectivity index (χ1v) is 9.27. The van der Waals surface area contributed by atoms with Crippen molar-refractivity contribution in [2.75, 3.05) is 0 Å². The SMILES string of the molecule is C=C(C)c1nn(-c2c(F)cccc2Cl)c(=O)c2cc(-n3nc(CO)[nH]c3=O)c(F)cc12. The molecule has 2 N–H and O–H groups in total. The molecule has 8 nitrogen and oxygen atoms in total. The Bertz CT molecular complexity index is 1470. The summed E-state index contributed by atoms with van der Waals surface area (Å²) in [6.45, 7) is 4.82. The largest absolute Gasteiger partial charge is 0.388 e. The van der Waals surface area contributed by atoms with Gasteiger partial charge < -0.3 is 5.11 Å². The van der Waals surface area contributed by atoms with E-state index in [4.69, 9.17) is 16.7 Å². The number of para-hydroxylation sites is 1. The first-order chi connectivity index (χ1) is 14.7. The molecule has 31 heavy (non-hydrogen) atoms. The maximum atomic E-state index is 14.9. The first kappa shape index (κ1) is 20.6. The van der Waals surface area contributed by atoms with Crippen LogP contribution in [0.25, 0.3) is 27.7 Å². The van der Waals surface area contributed by atoms with E-state index in [9.17, 15) is 18.4 Å². The van der Waals surface area contributed by atoms with Gasteiger partial charge in [-0.2, -0.15) is 14.5 Å². The van der Waals surface area contributed by atoms with Gasteiger partial charge in [0.25, 0.3) is 5.56 Å². The molecular weight excluding hydrogens is 432 g/mol. The lowest BCUT2D eigenvalue weighted by Crippen LogP contribution is -2.25. The molecular formula is C20H14ClF2N5O3. The topological polar surface area (TPSA) is 106 Å². The molecule has 2 heterocycles. The van der Waals surface area contributed by atoms with Gasteiger partial charge >= 0.3 is 5.69 Å². The second kappa shape index (κ2) is 7.56. The quantitative estimate of drug-likeness (QED) is 0.502. The molecule has 0 unspecified atom stereocenters. The van der Waals surface area contributed by atoms with Crippen molar-refractivity contribution in [2.24, 2.45) is 0 Å². The monoisotopic (exact) mass is 445 g/mol. The number of aliphatic hydroxyl groups excluding tert-OH is 1. The second-order valence-corrected chi connectivity index (χ2v) is 7.12. The summed E-state index contributed by atoms with van der Waals surface area (Å²) in [5.41, 5.74) is -1.68. The van der Waals surface area contributed by atoms with Crippen molar-refractivity contribution < 1.29 is 13.9 Å². The maximum absolute atomic E-state index is 14.9. The van der Waals surface area contributed by atoms with Gasteiger partial charge in [-0.15, -0.1) is 5.10 Å². The van der Waals surface area contributed by atoms with E-state index < -0.39 is 29.5 Å². The predicted octanol–water partition coefficient (Wildman–Crippen LogP) is 2.72. The molecule has 0 fully saturated rings. The van der Waals surface area contributed by atoms with E-state index in [-0.39, 0.29) is 38.7 Å². The van der Waals surface area contributed by atoms with Crippen LogP contribution in [0.3, 0.4) is 0 Å². The summed E-state index contributed by atoms with van der Waals surface area (Å²) in [4.78, 5) is 27.6. The van der Waals surface area contributed by atoms with Crippen LogP contribution in [0.1, 0.15) is 18.4 Å². The maximum Gasteiger partial charge on any atom is 0.348 e. The number of rotatable bonds is 4. The lowest BCUT2D eigenvalue weighted by atomic mass is 10.1. The van der Waals surface area contributed by atoms with E-state index >= 15 is 0 Å². The summed E-state index contributed by atoms with van der Waals surface area (Å²) >= 11 is 6.11.